The average Bonchev–Trinajstić information content (AvgIpc) is 2.94. The summed E-state index contributed by atoms with van der Waals surface area (Å²) in [6.45, 7) is 0. The molecule has 4 rings (SSSR count). The molecule has 0 N–H and O–H groups in total. The number of oxazole rings is 1. The second-order valence-electron chi connectivity index (χ2n) is 4.88. The lowest BCUT2D eigenvalue weighted by molar-refractivity contribution is 0.489. The minimum absolute atomic E-state index is 0.632. The summed E-state index contributed by atoms with van der Waals surface area (Å²) in [5.41, 5.74) is 3.54. The van der Waals surface area contributed by atoms with Crippen molar-refractivity contribution in [2.75, 3.05) is 0 Å². The van der Waals surface area contributed by atoms with E-state index in [0.29, 0.717) is 16.0 Å². The van der Waals surface area contributed by atoms with Crippen molar-refractivity contribution in [3.05, 3.63) is 65.3 Å². The van der Waals surface area contributed by atoms with Crippen LogP contribution < -0.4 is 0 Å². The first-order valence-corrected chi connectivity index (χ1v) is 8.18. The van der Waals surface area contributed by atoms with E-state index in [0.717, 1.165) is 27.7 Å². The number of thioether (sulfide) groups is 1. The van der Waals surface area contributed by atoms with Crippen molar-refractivity contribution in [3.8, 4) is 0 Å². The smallest absolute Gasteiger partial charge is 0.257 e. The molecular formula is C17H11ClN2OS. The van der Waals surface area contributed by atoms with E-state index in [9.17, 15) is 0 Å². The van der Waals surface area contributed by atoms with Gasteiger partial charge in [-0.2, -0.15) is 0 Å². The molecule has 0 aliphatic carbocycles. The Morgan fingerprint density at radius 2 is 1.86 bits per heavy atom. The summed E-state index contributed by atoms with van der Waals surface area (Å²) in [6, 6.07) is 17.7. The van der Waals surface area contributed by atoms with Crippen LogP contribution >= 0.6 is 23.4 Å². The second-order valence-corrected chi connectivity index (χ2v) is 6.24. The van der Waals surface area contributed by atoms with E-state index in [1.165, 1.54) is 11.8 Å². The van der Waals surface area contributed by atoms with Gasteiger partial charge in [0.1, 0.15) is 5.52 Å². The Labute approximate surface area is 136 Å². The van der Waals surface area contributed by atoms with E-state index >= 15 is 0 Å². The fourth-order valence-corrected chi connectivity index (χ4v) is 3.18. The standard InChI is InChI=1S/C17H11ClN2OS/c18-12-6-8-16-15(9-12)20-17(21-16)22-10-13-7-5-11-3-1-2-4-14(11)19-13/h1-9H,10H2. The highest BCUT2D eigenvalue weighted by Gasteiger charge is 2.08. The van der Waals surface area contributed by atoms with Gasteiger partial charge in [0.05, 0.1) is 11.2 Å². The molecule has 2 heterocycles. The largest absolute Gasteiger partial charge is 0.431 e. The highest BCUT2D eigenvalue weighted by molar-refractivity contribution is 7.98. The van der Waals surface area contributed by atoms with Gasteiger partial charge < -0.3 is 4.42 Å². The molecule has 3 nitrogen and oxygen atoms in total. The highest BCUT2D eigenvalue weighted by Crippen LogP contribution is 2.27. The van der Waals surface area contributed by atoms with Gasteiger partial charge in [-0.05, 0) is 30.3 Å². The number of hydrogen-bond donors (Lipinski definition) is 0. The zero-order chi connectivity index (χ0) is 14.9. The normalized spacial score (nSPS) is 11.3. The maximum Gasteiger partial charge on any atom is 0.257 e. The molecule has 0 aliphatic heterocycles. The first-order valence-electron chi connectivity index (χ1n) is 6.81. The Morgan fingerprint density at radius 1 is 0.955 bits per heavy atom. The van der Waals surface area contributed by atoms with Crippen LogP contribution in [-0.4, -0.2) is 9.97 Å². The summed E-state index contributed by atoms with van der Waals surface area (Å²) in [5, 5.41) is 2.44. The molecule has 2 aromatic heterocycles. The molecule has 0 spiro atoms. The number of pyridine rings is 1. The summed E-state index contributed by atoms with van der Waals surface area (Å²) in [6.07, 6.45) is 0. The summed E-state index contributed by atoms with van der Waals surface area (Å²) in [5.74, 6) is 0.714. The van der Waals surface area contributed by atoms with Crippen molar-refractivity contribution in [2.45, 2.75) is 11.0 Å². The molecule has 22 heavy (non-hydrogen) atoms. The van der Waals surface area contributed by atoms with Crippen molar-refractivity contribution in [1.29, 1.82) is 0 Å². The first-order chi connectivity index (χ1) is 10.8. The molecule has 0 saturated heterocycles. The summed E-state index contributed by atoms with van der Waals surface area (Å²) < 4.78 is 5.70. The number of para-hydroxylation sites is 1. The Morgan fingerprint density at radius 3 is 2.82 bits per heavy atom. The minimum atomic E-state index is 0.632. The van der Waals surface area contributed by atoms with E-state index in [1.54, 1.807) is 12.1 Å². The zero-order valence-corrected chi connectivity index (χ0v) is 13.1. The van der Waals surface area contributed by atoms with Crippen LogP contribution in [0.5, 0.6) is 0 Å². The topological polar surface area (TPSA) is 38.9 Å². The van der Waals surface area contributed by atoms with Crippen LogP contribution in [0.3, 0.4) is 0 Å². The fourth-order valence-electron chi connectivity index (χ4n) is 2.27. The van der Waals surface area contributed by atoms with Crippen molar-refractivity contribution >= 4 is 45.4 Å². The van der Waals surface area contributed by atoms with Crippen molar-refractivity contribution in [2.24, 2.45) is 0 Å². The van der Waals surface area contributed by atoms with Gasteiger partial charge >= 0.3 is 0 Å². The van der Waals surface area contributed by atoms with Crippen LogP contribution in [0.1, 0.15) is 5.69 Å². The second kappa shape index (κ2) is 5.63. The van der Waals surface area contributed by atoms with Crippen LogP contribution in [0.2, 0.25) is 5.02 Å². The molecular weight excluding hydrogens is 316 g/mol. The van der Waals surface area contributed by atoms with E-state index in [4.69, 9.17) is 16.0 Å². The monoisotopic (exact) mass is 326 g/mol. The predicted molar refractivity (Wildman–Crippen MR) is 90.3 cm³/mol. The van der Waals surface area contributed by atoms with E-state index in [2.05, 4.69) is 22.1 Å². The maximum absolute atomic E-state index is 5.96. The summed E-state index contributed by atoms with van der Waals surface area (Å²) >= 11 is 7.49. The summed E-state index contributed by atoms with van der Waals surface area (Å²) in [4.78, 5) is 9.08. The zero-order valence-electron chi connectivity index (χ0n) is 11.5. The molecule has 0 atom stereocenters. The highest BCUT2D eigenvalue weighted by atomic mass is 35.5. The van der Waals surface area contributed by atoms with Crippen LogP contribution in [-0.2, 0) is 5.75 Å². The van der Waals surface area contributed by atoms with Crippen molar-refractivity contribution < 1.29 is 4.42 Å². The molecule has 0 radical (unpaired) electrons. The third kappa shape index (κ3) is 2.67. The number of hydrogen-bond acceptors (Lipinski definition) is 4. The lowest BCUT2D eigenvalue weighted by atomic mass is 10.2. The molecule has 5 heteroatoms. The van der Waals surface area contributed by atoms with Gasteiger partial charge in [-0.15, -0.1) is 0 Å². The van der Waals surface area contributed by atoms with E-state index in [1.807, 2.05) is 30.3 Å². The molecule has 0 aliphatic rings. The number of fused-ring (bicyclic) bond motifs is 2. The lowest BCUT2D eigenvalue weighted by Crippen LogP contribution is -1.87. The maximum atomic E-state index is 5.96. The van der Waals surface area contributed by atoms with E-state index in [-0.39, 0.29) is 0 Å². The average molecular weight is 327 g/mol. The van der Waals surface area contributed by atoms with Crippen LogP contribution in [0.15, 0.2) is 64.2 Å². The van der Waals surface area contributed by atoms with Crippen LogP contribution in [0, 0.1) is 0 Å². The SMILES string of the molecule is Clc1ccc2oc(SCc3ccc4ccccc4n3)nc2c1. The Hall–Kier alpha value is -2.04. The molecule has 0 saturated carbocycles. The molecule has 2 aromatic carbocycles. The molecule has 0 fully saturated rings. The Balaban J connectivity index is 1.56. The molecule has 108 valence electrons. The number of nitrogens with zero attached hydrogens (tertiary/aromatic N) is 2. The number of aromatic nitrogens is 2. The van der Waals surface area contributed by atoms with E-state index < -0.39 is 0 Å². The predicted octanol–water partition coefficient (Wildman–Crippen LogP) is 5.32. The van der Waals surface area contributed by atoms with Gasteiger partial charge in [-0.1, -0.05) is 47.6 Å². The van der Waals surface area contributed by atoms with Gasteiger partial charge in [-0.3, -0.25) is 4.98 Å². The Kier molecular flexibility index (Phi) is 3.48. The molecule has 4 aromatic rings. The molecule has 0 unspecified atom stereocenters. The van der Waals surface area contributed by atoms with Crippen LogP contribution in [0.4, 0.5) is 0 Å². The lowest BCUT2D eigenvalue weighted by Gasteiger charge is -2.01. The fraction of sp³-hybridized carbons (Fsp3) is 0.0588. The number of halogens is 1. The van der Waals surface area contributed by atoms with Gasteiger partial charge in [-0.25, -0.2) is 4.98 Å². The third-order valence-electron chi connectivity index (χ3n) is 3.33. The minimum Gasteiger partial charge on any atom is -0.431 e. The van der Waals surface area contributed by atoms with Gasteiger partial charge in [0.15, 0.2) is 5.58 Å². The van der Waals surface area contributed by atoms with Gasteiger partial charge in [0.2, 0.25) is 0 Å². The van der Waals surface area contributed by atoms with Gasteiger partial charge in [0.25, 0.3) is 5.22 Å². The van der Waals surface area contributed by atoms with Crippen molar-refractivity contribution in [1.82, 2.24) is 9.97 Å². The number of benzene rings is 2. The van der Waals surface area contributed by atoms with Gasteiger partial charge in [0, 0.05) is 16.2 Å². The molecule has 0 bridgehead atoms. The number of rotatable bonds is 3. The Bertz CT molecular complexity index is 967. The first kappa shape index (κ1) is 13.6. The van der Waals surface area contributed by atoms with Crippen LogP contribution in [0.25, 0.3) is 22.0 Å². The molecule has 0 amide bonds. The summed E-state index contributed by atoms with van der Waals surface area (Å²) in [7, 11) is 0. The quantitative estimate of drug-likeness (QED) is 0.477. The van der Waals surface area contributed by atoms with Crippen molar-refractivity contribution in [3.63, 3.8) is 0 Å². The third-order valence-corrected chi connectivity index (χ3v) is 4.43.